The lowest BCUT2D eigenvalue weighted by Crippen LogP contribution is -2.46. The molecule has 0 aromatic carbocycles. The first-order chi connectivity index (χ1) is 14.2. The van der Waals surface area contributed by atoms with Crippen molar-refractivity contribution >= 4 is 23.6 Å². The summed E-state index contributed by atoms with van der Waals surface area (Å²) in [5, 5.41) is 11.3. The van der Waals surface area contributed by atoms with Gasteiger partial charge < -0.3 is 25.0 Å². The summed E-state index contributed by atoms with van der Waals surface area (Å²) >= 11 is 0. The molecule has 3 heterocycles. The Hall–Kier alpha value is -2.71. The van der Waals surface area contributed by atoms with Crippen molar-refractivity contribution in [1.82, 2.24) is 20.0 Å². The first kappa shape index (κ1) is 22.0. The highest BCUT2D eigenvalue weighted by atomic mass is 16.6. The van der Waals surface area contributed by atoms with Crippen LogP contribution in [-0.4, -0.2) is 64.6 Å². The highest BCUT2D eigenvalue weighted by molar-refractivity contribution is 6.01. The van der Waals surface area contributed by atoms with Gasteiger partial charge in [-0.05, 0) is 47.5 Å². The fourth-order valence-corrected chi connectivity index (χ4v) is 3.71. The van der Waals surface area contributed by atoms with Gasteiger partial charge in [0.1, 0.15) is 11.4 Å². The molecule has 0 unspecified atom stereocenters. The number of anilines is 1. The second-order valence-electron chi connectivity index (χ2n) is 8.54. The van der Waals surface area contributed by atoms with E-state index < -0.39 is 5.60 Å². The molecular formula is C21H33N5O4. The van der Waals surface area contributed by atoms with Gasteiger partial charge in [-0.2, -0.15) is 5.10 Å². The maximum atomic E-state index is 12.6. The highest BCUT2D eigenvalue weighted by Gasteiger charge is 2.31. The van der Waals surface area contributed by atoms with Gasteiger partial charge in [-0.25, -0.2) is 14.3 Å². The first-order valence-electron chi connectivity index (χ1n) is 10.7. The normalized spacial score (nSPS) is 17.3. The Morgan fingerprint density at radius 1 is 1.27 bits per heavy atom. The van der Waals surface area contributed by atoms with Crippen molar-refractivity contribution in [2.45, 2.75) is 65.6 Å². The van der Waals surface area contributed by atoms with Crippen LogP contribution in [0.15, 0.2) is 11.8 Å². The number of carbonyl (C=O) groups is 2. The molecule has 9 nitrogen and oxygen atoms in total. The Kier molecular flexibility index (Phi) is 6.58. The van der Waals surface area contributed by atoms with Crippen LogP contribution in [0.5, 0.6) is 0 Å². The lowest BCUT2D eigenvalue weighted by molar-refractivity contribution is -0.138. The molecule has 0 spiro atoms. The number of rotatable bonds is 5. The van der Waals surface area contributed by atoms with Crippen molar-refractivity contribution in [2.24, 2.45) is 0 Å². The molecule has 166 valence electrons. The molecule has 0 aliphatic carbocycles. The van der Waals surface area contributed by atoms with Crippen LogP contribution in [0.4, 0.5) is 10.6 Å². The van der Waals surface area contributed by atoms with Crippen LogP contribution >= 0.6 is 0 Å². The van der Waals surface area contributed by atoms with E-state index in [1.165, 1.54) is 0 Å². The number of likely N-dealkylation sites (tertiary alicyclic amines) is 1. The van der Waals surface area contributed by atoms with Crippen LogP contribution in [0.3, 0.4) is 0 Å². The van der Waals surface area contributed by atoms with Crippen molar-refractivity contribution in [1.29, 1.82) is 0 Å². The molecule has 0 atom stereocenters. The third kappa shape index (κ3) is 4.88. The molecule has 9 heteroatoms. The van der Waals surface area contributed by atoms with E-state index in [0.717, 1.165) is 36.5 Å². The number of nitrogens with zero attached hydrogens (tertiary/aromatic N) is 3. The predicted octanol–water partition coefficient (Wildman–Crippen LogP) is 2.59. The fraction of sp³-hybridized carbons (Fsp3) is 0.667. The summed E-state index contributed by atoms with van der Waals surface area (Å²) in [5.41, 5.74) is 1.73. The number of aryl methyl sites for hydroxylation is 1. The molecule has 1 amide bonds. The molecular weight excluding hydrogens is 386 g/mol. The SMILES string of the molecule is CCOC(=O)C1=C(NC2CCN(C(=O)OC(C)(C)C)CC2)c2cnn(CC)c2NC1. The van der Waals surface area contributed by atoms with Gasteiger partial charge in [0.2, 0.25) is 0 Å². The van der Waals surface area contributed by atoms with Gasteiger partial charge in [0.15, 0.2) is 0 Å². The second kappa shape index (κ2) is 8.97. The van der Waals surface area contributed by atoms with Gasteiger partial charge in [-0.3, -0.25) is 0 Å². The second-order valence-corrected chi connectivity index (χ2v) is 8.54. The summed E-state index contributed by atoms with van der Waals surface area (Å²) in [5.74, 6) is 0.577. The van der Waals surface area contributed by atoms with Crippen LogP contribution in [0.2, 0.25) is 0 Å². The average Bonchev–Trinajstić information content (AvgIpc) is 3.11. The summed E-state index contributed by atoms with van der Waals surface area (Å²) in [7, 11) is 0. The number of hydrogen-bond acceptors (Lipinski definition) is 7. The number of piperidine rings is 1. The molecule has 3 rings (SSSR count). The van der Waals surface area contributed by atoms with Gasteiger partial charge in [-0.1, -0.05) is 0 Å². The number of carbonyl (C=O) groups excluding carboxylic acids is 2. The van der Waals surface area contributed by atoms with E-state index in [0.29, 0.717) is 31.8 Å². The zero-order valence-electron chi connectivity index (χ0n) is 18.6. The number of nitrogens with one attached hydrogen (secondary N) is 2. The number of hydrogen-bond donors (Lipinski definition) is 2. The van der Waals surface area contributed by atoms with Gasteiger partial charge >= 0.3 is 12.1 Å². The monoisotopic (exact) mass is 419 g/mol. The maximum Gasteiger partial charge on any atom is 0.410 e. The van der Waals surface area contributed by atoms with Crippen molar-refractivity contribution < 1.29 is 19.1 Å². The number of ether oxygens (including phenoxy) is 2. The van der Waals surface area contributed by atoms with E-state index in [9.17, 15) is 9.59 Å². The minimum Gasteiger partial charge on any atom is -0.463 e. The molecule has 1 saturated heterocycles. The molecule has 0 saturated carbocycles. The summed E-state index contributed by atoms with van der Waals surface area (Å²) in [6.07, 6.45) is 3.04. The Morgan fingerprint density at radius 3 is 2.57 bits per heavy atom. The molecule has 1 aromatic heterocycles. The van der Waals surface area contributed by atoms with Gasteiger partial charge in [0.25, 0.3) is 0 Å². The van der Waals surface area contributed by atoms with Gasteiger partial charge in [0, 0.05) is 25.7 Å². The number of fused-ring (bicyclic) bond motifs is 1. The number of aromatic nitrogens is 2. The summed E-state index contributed by atoms with van der Waals surface area (Å²) in [6, 6.07) is 0.138. The maximum absolute atomic E-state index is 12.6. The molecule has 30 heavy (non-hydrogen) atoms. The van der Waals surface area contributed by atoms with Crippen molar-refractivity contribution in [3.8, 4) is 0 Å². The average molecular weight is 420 g/mol. The van der Waals surface area contributed by atoms with Gasteiger partial charge in [0.05, 0.1) is 36.2 Å². The molecule has 2 aliphatic rings. The van der Waals surface area contributed by atoms with Crippen LogP contribution in [0, 0.1) is 0 Å². The zero-order chi connectivity index (χ0) is 21.9. The minimum atomic E-state index is -0.504. The van der Waals surface area contributed by atoms with Gasteiger partial charge in [-0.15, -0.1) is 0 Å². The largest absolute Gasteiger partial charge is 0.463 e. The Balaban J connectivity index is 1.74. The van der Waals surface area contributed by atoms with E-state index in [1.54, 1.807) is 18.0 Å². The summed E-state index contributed by atoms with van der Waals surface area (Å²) in [4.78, 5) is 26.6. The van der Waals surface area contributed by atoms with E-state index >= 15 is 0 Å². The molecule has 1 fully saturated rings. The smallest absolute Gasteiger partial charge is 0.410 e. The number of esters is 1. The van der Waals surface area contributed by atoms with Crippen LogP contribution in [0.25, 0.3) is 5.70 Å². The molecule has 1 aromatic rings. The van der Waals surface area contributed by atoms with Crippen molar-refractivity contribution in [2.75, 3.05) is 31.6 Å². The van der Waals surface area contributed by atoms with E-state index in [4.69, 9.17) is 9.47 Å². The third-order valence-electron chi connectivity index (χ3n) is 5.16. The molecule has 0 bridgehead atoms. The zero-order valence-corrected chi connectivity index (χ0v) is 18.6. The fourth-order valence-electron chi connectivity index (χ4n) is 3.71. The quantitative estimate of drug-likeness (QED) is 0.708. The van der Waals surface area contributed by atoms with Crippen LogP contribution in [-0.2, 0) is 20.8 Å². The molecule has 2 aliphatic heterocycles. The lowest BCUT2D eigenvalue weighted by Gasteiger charge is -2.35. The first-order valence-corrected chi connectivity index (χ1v) is 10.7. The minimum absolute atomic E-state index is 0.138. The van der Waals surface area contributed by atoms with Crippen molar-refractivity contribution in [3.05, 3.63) is 17.3 Å². The van der Waals surface area contributed by atoms with Crippen LogP contribution in [0.1, 0.15) is 53.0 Å². The van der Waals surface area contributed by atoms with Crippen molar-refractivity contribution in [3.63, 3.8) is 0 Å². The lowest BCUT2D eigenvalue weighted by atomic mass is 10.00. The van der Waals surface area contributed by atoms with E-state index in [1.807, 2.05) is 32.4 Å². The Morgan fingerprint density at radius 2 is 1.97 bits per heavy atom. The molecule has 2 N–H and O–H groups in total. The van der Waals surface area contributed by atoms with E-state index in [-0.39, 0.29) is 18.1 Å². The third-order valence-corrected chi connectivity index (χ3v) is 5.16. The van der Waals surface area contributed by atoms with E-state index in [2.05, 4.69) is 15.7 Å². The Bertz CT molecular complexity index is 816. The Labute approximate surface area is 177 Å². The topological polar surface area (TPSA) is 97.7 Å². The number of amides is 1. The van der Waals surface area contributed by atoms with Crippen LogP contribution < -0.4 is 10.6 Å². The highest BCUT2D eigenvalue weighted by Crippen LogP contribution is 2.31. The summed E-state index contributed by atoms with van der Waals surface area (Å²) < 4.78 is 12.6. The standard InChI is InChI=1S/C21H33N5O4/c1-6-26-18-15(13-23-26)17(16(12-22-18)19(27)29-7-2)24-14-8-10-25(11-9-14)20(28)30-21(3,4)5/h13-14,22,24H,6-12H2,1-5H3. The molecule has 0 radical (unpaired) electrons. The summed E-state index contributed by atoms with van der Waals surface area (Å²) in [6.45, 7) is 12.1. The predicted molar refractivity (Wildman–Crippen MR) is 114 cm³/mol.